The molecule has 130 valence electrons. The lowest BCUT2D eigenvalue weighted by atomic mass is 9.73. The van der Waals surface area contributed by atoms with E-state index in [1.54, 1.807) is 11.1 Å². The maximum absolute atomic E-state index is 12.4. The number of carbonyl (C=O) groups is 2. The number of piperidine rings is 1. The summed E-state index contributed by atoms with van der Waals surface area (Å²) < 4.78 is 0. The van der Waals surface area contributed by atoms with Crippen molar-refractivity contribution in [3.8, 4) is 0 Å². The fourth-order valence-corrected chi connectivity index (χ4v) is 3.46. The van der Waals surface area contributed by atoms with Crippen LogP contribution in [0.25, 0.3) is 0 Å². The molecule has 1 aliphatic rings. The van der Waals surface area contributed by atoms with Gasteiger partial charge in [-0.15, -0.1) is 0 Å². The Morgan fingerprint density at radius 1 is 1.04 bits per heavy atom. The molecule has 0 bridgehead atoms. The summed E-state index contributed by atoms with van der Waals surface area (Å²) >= 11 is 0. The number of aryl methyl sites for hydroxylation is 1. The zero-order valence-electron chi connectivity index (χ0n) is 14.1. The van der Waals surface area contributed by atoms with Crippen LogP contribution in [0.1, 0.15) is 30.5 Å². The predicted octanol–water partition coefficient (Wildman–Crippen LogP) is 2.66. The number of aliphatic carboxylic acids is 1. The van der Waals surface area contributed by atoms with Gasteiger partial charge in [-0.2, -0.15) is 0 Å². The Morgan fingerprint density at radius 2 is 1.72 bits per heavy atom. The van der Waals surface area contributed by atoms with Gasteiger partial charge >= 0.3 is 5.97 Å². The predicted molar refractivity (Wildman–Crippen MR) is 94.1 cm³/mol. The molecule has 1 N–H and O–H groups in total. The minimum atomic E-state index is -0.890. The number of hydrogen-bond acceptors (Lipinski definition) is 3. The number of likely N-dealkylation sites (tertiary alicyclic amines) is 1. The number of pyridine rings is 1. The number of carboxylic acids is 1. The Kier molecular flexibility index (Phi) is 5.12. The van der Waals surface area contributed by atoms with Crippen molar-refractivity contribution in [2.24, 2.45) is 0 Å². The minimum absolute atomic E-state index is 0.0673. The van der Waals surface area contributed by atoms with E-state index in [9.17, 15) is 14.7 Å². The van der Waals surface area contributed by atoms with Crippen molar-refractivity contribution < 1.29 is 14.7 Å². The SMILES string of the molecule is O=C(CCc1ccccn1)N1CCC(C(=O)O)(c2ccccc2)CC1. The first-order valence-corrected chi connectivity index (χ1v) is 8.58. The molecular weight excluding hydrogens is 316 g/mol. The van der Waals surface area contributed by atoms with Gasteiger partial charge in [-0.1, -0.05) is 36.4 Å². The molecule has 2 heterocycles. The lowest BCUT2D eigenvalue weighted by molar-refractivity contribution is -0.148. The number of aromatic nitrogens is 1. The van der Waals surface area contributed by atoms with E-state index in [2.05, 4.69) is 4.98 Å². The fourth-order valence-electron chi connectivity index (χ4n) is 3.46. The molecule has 3 rings (SSSR count). The van der Waals surface area contributed by atoms with Gasteiger partial charge in [-0.3, -0.25) is 14.6 Å². The molecule has 1 aromatic carbocycles. The summed E-state index contributed by atoms with van der Waals surface area (Å²) in [5.74, 6) is -0.739. The number of carboxylic acid groups (broad SMARTS) is 1. The quantitative estimate of drug-likeness (QED) is 0.910. The van der Waals surface area contributed by atoms with Gasteiger partial charge in [0.15, 0.2) is 0 Å². The van der Waals surface area contributed by atoms with E-state index in [1.807, 2.05) is 48.5 Å². The average Bonchev–Trinajstić information content (AvgIpc) is 2.67. The third kappa shape index (κ3) is 3.71. The van der Waals surface area contributed by atoms with Crippen molar-refractivity contribution in [2.45, 2.75) is 31.1 Å². The Labute approximate surface area is 147 Å². The topological polar surface area (TPSA) is 70.5 Å². The molecule has 1 saturated heterocycles. The van der Waals surface area contributed by atoms with Gasteiger partial charge in [0.1, 0.15) is 0 Å². The van der Waals surface area contributed by atoms with E-state index < -0.39 is 11.4 Å². The second-order valence-corrected chi connectivity index (χ2v) is 6.46. The van der Waals surface area contributed by atoms with E-state index in [4.69, 9.17) is 0 Å². The van der Waals surface area contributed by atoms with E-state index in [1.165, 1.54) is 0 Å². The summed E-state index contributed by atoms with van der Waals surface area (Å²) in [6.45, 7) is 0.949. The van der Waals surface area contributed by atoms with Crippen LogP contribution in [0.5, 0.6) is 0 Å². The molecule has 25 heavy (non-hydrogen) atoms. The molecule has 1 amide bonds. The van der Waals surface area contributed by atoms with Crippen LogP contribution >= 0.6 is 0 Å². The summed E-state index contributed by atoms with van der Waals surface area (Å²) in [6.07, 6.45) is 3.63. The first kappa shape index (κ1) is 17.1. The lowest BCUT2D eigenvalue weighted by Gasteiger charge is -2.39. The molecule has 1 aliphatic heterocycles. The smallest absolute Gasteiger partial charge is 0.314 e. The van der Waals surface area contributed by atoms with Crippen LogP contribution in [-0.4, -0.2) is 40.0 Å². The molecule has 0 aliphatic carbocycles. The van der Waals surface area contributed by atoms with Crippen LogP contribution in [0.15, 0.2) is 54.7 Å². The van der Waals surface area contributed by atoms with E-state index in [-0.39, 0.29) is 5.91 Å². The van der Waals surface area contributed by atoms with Gasteiger partial charge in [-0.05, 0) is 37.0 Å². The minimum Gasteiger partial charge on any atom is -0.481 e. The molecule has 0 unspecified atom stereocenters. The summed E-state index contributed by atoms with van der Waals surface area (Å²) in [7, 11) is 0. The maximum atomic E-state index is 12.4. The Bertz CT molecular complexity index is 723. The summed E-state index contributed by atoms with van der Waals surface area (Å²) in [4.78, 5) is 30.4. The zero-order valence-corrected chi connectivity index (χ0v) is 14.1. The van der Waals surface area contributed by atoms with Crippen LogP contribution in [-0.2, 0) is 21.4 Å². The average molecular weight is 338 g/mol. The molecule has 1 fully saturated rings. The number of amides is 1. The Hall–Kier alpha value is -2.69. The molecule has 2 aromatic rings. The third-order valence-electron chi connectivity index (χ3n) is 5.03. The molecule has 5 nitrogen and oxygen atoms in total. The number of nitrogens with zero attached hydrogens (tertiary/aromatic N) is 2. The molecular formula is C20H22N2O3. The second kappa shape index (κ2) is 7.47. The normalized spacial score (nSPS) is 16.4. The van der Waals surface area contributed by atoms with Crippen molar-refractivity contribution in [3.63, 3.8) is 0 Å². The number of hydrogen-bond donors (Lipinski definition) is 1. The zero-order chi connectivity index (χ0) is 17.7. The standard InChI is InChI=1S/C20H22N2O3/c23-18(10-9-17-8-4-5-13-21-17)22-14-11-20(12-15-22,19(24)25)16-6-2-1-3-7-16/h1-8,13H,9-12,14-15H2,(H,24,25). The largest absolute Gasteiger partial charge is 0.481 e. The van der Waals surface area contributed by atoms with Gasteiger partial charge < -0.3 is 10.0 Å². The van der Waals surface area contributed by atoms with Crippen molar-refractivity contribution in [1.82, 2.24) is 9.88 Å². The summed E-state index contributed by atoms with van der Waals surface area (Å²) in [6, 6.07) is 15.0. The van der Waals surface area contributed by atoms with Crippen molar-refractivity contribution >= 4 is 11.9 Å². The number of rotatable bonds is 5. The van der Waals surface area contributed by atoms with Gasteiger partial charge in [0, 0.05) is 31.4 Å². The summed E-state index contributed by atoms with van der Waals surface area (Å²) in [5.41, 5.74) is 0.832. The van der Waals surface area contributed by atoms with Gasteiger partial charge in [0.25, 0.3) is 0 Å². The molecule has 0 saturated carbocycles. The van der Waals surface area contributed by atoms with E-state index >= 15 is 0 Å². The Balaban J connectivity index is 1.62. The van der Waals surface area contributed by atoms with E-state index in [0.717, 1.165) is 11.3 Å². The lowest BCUT2D eigenvalue weighted by Crippen LogP contribution is -2.49. The van der Waals surface area contributed by atoms with Crippen molar-refractivity contribution in [1.29, 1.82) is 0 Å². The van der Waals surface area contributed by atoms with Crippen LogP contribution < -0.4 is 0 Å². The highest BCUT2D eigenvalue weighted by Crippen LogP contribution is 2.36. The molecule has 5 heteroatoms. The molecule has 0 spiro atoms. The van der Waals surface area contributed by atoms with Crippen LogP contribution in [0, 0.1) is 0 Å². The van der Waals surface area contributed by atoms with E-state index in [0.29, 0.717) is 38.8 Å². The molecule has 1 aromatic heterocycles. The first-order valence-electron chi connectivity index (χ1n) is 8.58. The molecule has 0 atom stereocenters. The van der Waals surface area contributed by atoms with Crippen LogP contribution in [0.3, 0.4) is 0 Å². The summed E-state index contributed by atoms with van der Waals surface area (Å²) in [5, 5.41) is 9.81. The van der Waals surface area contributed by atoms with Crippen LogP contribution in [0.4, 0.5) is 0 Å². The van der Waals surface area contributed by atoms with Gasteiger partial charge in [0.2, 0.25) is 5.91 Å². The highest BCUT2D eigenvalue weighted by atomic mass is 16.4. The molecule has 0 radical (unpaired) electrons. The maximum Gasteiger partial charge on any atom is 0.314 e. The number of carbonyl (C=O) groups excluding carboxylic acids is 1. The highest BCUT2D eigenvalue weighted by molar-refractivity contribution is 5.82. The Morgan fingerprint density at radius 3 is 2.32 bits per heavy atom. The third-order valence-corrected chi connectivity index (χ3v) is 5.03. The first-order chi connectivity index (χ1) is 12.1. The number of benzene rings is 1. The van der Waals surface area contributed by atoms with Gasteiger partial charge in [-0.25, -0.2) is 0 Å². The van der Waals surface area contributed by atoms with Crippen molar-refractivity contribution in [2.75, 3.05) is 13.1 Å². The van der Waals surface area contributed by atoms with Gasteiger partial charge in [0.05, 0.1) is 5.41 Å². The van der Waals surface area contributed by atoms with Crippen LogP contribution in [0.2, 0.25) is 0 Å². The van der Waals surface area contributed by atoms with Crippen molar-refractivity contribution in [3.05, 3.63) is 66.0 Å². The highest BCUT2D eigenvalue weighted by Gasteiger charge is 2.43. The second-order valence-electron chi connectivity index (χ2n) is 6.46. The fraction of sp³-hybridized carbons (Fsp3) is 0.350. The monoisotopic (exact) mass is 338 g/mol.